The van der Waals surface area contributed by atoms with E-state index in [-0.39, 0.29) is 12.3 Å². The highest BCUT2D eigenvalue weighted by Crippen LogP contribution is 2.26. The first-order valence-corrected chi connectivity index (χ1v) is 20.7. The van der Waals surface area contributed by atoms with E-state index in [1.807, 2.05) is 0 Å². The van der Waals surface area contributed by atoms with Crippen molar-refractivity contribution in [3.63, 3.8) is 0 Å². The lowest BCUT2D eigenvalue weighted by molar-refractivity contribution is -0.260. The molecule has 0 unspecified atom stereocenters. The van der Waals surface area contributed by atoms with Crippen LogP contribution < -0.4 is 5.32 Å². The number of ether oxygens (including phenoxy) is 3. The molecule has 1 heterocycles. The average Bonchev–Trinajstić information content (AvgIpc) is 3.10. The van der Waals surface area contributed by atoms with Gasteiger partial charge in [-0.15, -0.1) is 0 Å². The lowest BCUT2D eigenvalue weighted by atomic mass is 9.96. The van der Waals surface area contributed by atoms with Crippen LogP contribution in [0.15, 0.2) is 12.3 Å². The minimum atomic E-state index is -1.30. The van der Waals surface area contributed by atoms with Crippen LogP contribution in [0.25, 0.3) is 0 Å². The van der Waals surface area contributed by atoms with Gasteiger partial charge in [0, 0.05) is 12.8 Å². The van der Waals surface area contributed by atoms with Gasteiger partial charge in [0.1, 0.15) is 18.2 Å². The van der Waals surface area contributed by atoms with E-state index in [0.29, 0.717) is 12.8 Å². The molecule has 3 N–H and O–H groups in total. The monoisotopic (exact) mass is 696 g/mol. The van der Waals surface area contributed by atoms with Crippen molar-refractivity contribution in [3.8, 4) is 0 Å². The maximum Gasteiger partial charge on any atom is 0.306 e. The highest BCUT2D eigenvalue weighted by Gasteiger charge is 2.49. The van der Waals surface area contributed by atoms with E-state index >= 15 is 0 Å². The van der Waals surface area contributed by atoms with Gasteiger partial charge in [0.2, 0.25) is 12.2 Å². The normalized spacial score (nSPS) is 20.9. The molecule has 1 rings (SSSR count). The van der Waals surface area contributed by atoms with Crippen LogP contribution in [0.2, 0.25) is 0 Å². The molecule has 0 saturated carbocycles. The summed E-state index contributed by atoms with van der Waals surface area (Å²) in [5.74, 6) is -0.621. The van der Waals surface area contributed by atoms with Crippen molar-refractivity contribution in [2.45, 2.75) is 231 Å². The number of rotatable bonds is 33. The van der Waals surface area contributed by atoms with Crippen molar-refractivity contribution in [1.82, 2.24) is 5.32 Å². The molecule has 5 atom stereocenters. The van der Waals surface area contributed by atoms with Crippen molar-refractivity contribution in [2.24, 2.45) is 0 Å². The number of unbranched alkanes of at least 4 members (excludes halogenated alkanes) is 24. The van der Waals surface area contributed by atoms with Crippen molar-refractivity contribution >= 4 is 11.9 Å². The second-order valence-electron chi connectivity index (χ2n) is 14.4. The fourth-order valence-electron chi connectivity index (χ4n) is 6.69. The summed E-state index contributed by atoms with van der Waals surface area (Å²) in [7, 11) is 0. The molecule has 0 aromatic carbocycles. The molecule has 49 heavy (non-hydrogen) atoms. The van der Waals surface area contributed by atoms with Gasteiger partial charge in [0.05, 0.1) is 12.9 Å². The van der Waals surface area contributed by atoms with Crippen molar-refractivity contribution in [1.29, 1.82) is 0 Å². The molecular formula is C41H77NO7. The molecule has 1 aliphatic rings. The Morgan fingerprint density at radius 1 is 0.653 bits per heavy atom. The Bertz CT molecular complexity index is 807. The van der Waals surface area contributed by atoms with Gasteiger partial charge in [-0.1, -0.05) is 174 Å². The quantitative estimate of drug-likeness (QED) is 0.0356. The third kappa shape index (κ3) is 23.5. The number of hydrogen-bond donors (Lipinski definition) is 3. The van der Waals surface area contributed by atoms with Crippen LogP contribution in [0.5, 0.6) is 0 Å². The lowest BCUT2D eigenvalue weighted by Crippen LogP contribution is -2.65. The maximum absolute atomic E-state index is 13.0. The number of hydrogen-bond acceptors (Lipinski definition) is 7. The smallest absolute Gasteiger partial charge is 0.306 e. The second kappa shape index (κ2) is 32.3. The second-order valence-corrected chi connectivity index (χ2v) is 14.4. The molecule has 0 aliphatic carbocycles. The van der Waals surface area contributed by atoms with E-state index in [1.165, 1.54) is 135 Å². The number of carbonyl (C=O) groups excluding carboxylic acids is 2. The predicted molar refractivity (Wildman–Crippen MR) is 200 cm³/mol. The van der Waals surface area contributed by atoms with Gasteiger partial charge >= 0.3 is 5.97 Å². The fraction of sp³-hybridized carbons (Fsp3) is 0.902. The molecule has 0 aromatic heterocycles. The summed E-state index contributed by atoms with van der Waals surface area (Å²) in [4.78, 5) is 25.9. The number of carbonyl (C=O) groups is 2. The lowest BCUT2D eigenvalue weighted by Gasteiger charge is -2.43. The molecule has 0 aromatic rings. The molecule has 1 saturated heterocycles. The first-order valence-electron chi connectivity index (χ1n) is 20.7. The molecule has 0 spiro atoms. The largest absolute Gasteiger partial charge is 0.470 e. The SMILES string of the molecule is CC=CO[C@@H]1O[C@H](CO)[C@@H](O)[C@H](OC(=O)CCCCCCCCCCCCCCC)[C@H]1NC(=O)CCCCCCCCCCCCCCC. The summed E-state index contributed by atoms with van der Waals surface area (Å²) in [5.41, 5.74) is 0. The zero-order chi connectivity index (χ0) is 35.8. The summed E-state index contributed by atoms with van der Waals surface area (Å²) in [6, 6.07) is -0.904. The van der Waals surface area contributed by atoms with E-state index < -0.39 is 43.2 Å². The van der Waals surface area contributed by atoms with Crippen LogP contribution >= 0.6 is 0 Å². The summed E-state index contributed by atoms with van der Waals surface area (Å²) < 4.78 is 17.3. The van der Waals surface area contributed by atoms with E-state index in [0.717, 1.165) is 32.1 Å². The van der Waals surface area contributed by atoms with Crippen molar-refractivity contribution < 1.29 is 34.0 Å². The Morgan fingerprint density at radius 3 is 1.47 bits per heavy atom. The van der Waals surface area contributed by atoms with Gasteiger partial charge in [0.25, 0.3) is 0 Å². The third-order valence-corrected chi connectivity index (χ3v) is 9.79. The van der Waals surface area contributed by atoms with Crippen molar-refractivity contribution in [2.75, 3.05) is 6.61 Å². The number of aliphatic hydroxyl groups is 2. The van der Waals surface area contributed by atoms with E-state index in [1.54, 1.807) is 13.0 Å². The van der Waals surface area contributed by atoms with Gasteiger partial charge in [-0.3, -0.25) is 9.59 Å². The van der Waals surface area contributed by atoms with E-state index in [4.69, 9.17) is 14.2 Å². The number of allylic oxidation sites excluding steroid dienone is 1. The first kappa shape index (κ1) is 45.4. The van der Waals surface area contributed by atoms with Crippen LogP contribution in [0.3, 0.4) is 0 Å². The zero-order valence-electron chi connectivity index (χ0n) is 32.0. The minimum absolute atomic E-state index is 0.196. The zero-order valence-corrected chi connectivity index (χ0v) is 32.0. The van der Waals surface area contributed by atoms with E-state index in [2.05, 4.69) is 19.2 Å². The Balaban J connectivity index is 2.42. The van der Waals surface area contributed by atoms with Gasteiger partial charge < -0.3 is 29.7 Å². The Kier molecular flexibility index (Phi) is 29.9. The van der Waals surface area contributed by atoms with E-state index in [9.17, 15) is 19.8 Å². The van der Waals surface area contributed by atoms with Crippen molar-refractivity contribution in [3.05, 3.63) is 12.3 Å². The minimum Gasteiger partial charge on any atom is -0.470 e. The van der Waals surface area contributed by atoms with Crippen LogP contribution in [-0.2, 0) is 23.8 Å². The molecule has 1 amide bonds. The third-order valence-electron chi connectivity index (χ3n) is 9.79. The molecule has 0 bridgehead atoms. The Hall–Kier alpha value is -1.64. The standard InChI is InChI=1S/C41H77NO7/c1-4-7-9-11-13-15-17-19-21-23-25-27-29-31-36(44)42-38-40(39(46)35(34-43)48-41(38)47-33-6-3)49-37(45)32-30-28-26-24-22-20-18-16-14-12-10-8-5-2/h6,33,35,38-41,43,46H,4-5,7-32,34H2,1-3H3,(H,42,44)/t35-,38-,39-,40-,41-/m1/s1. The highest BCUT2D eigenvalue weighted by atomic mass is 16.7. The van der Waals surface area contributed by atoms with Gasteiger partial charge in [-0.2, -0.15) is 0 Å². The molecule has 288 valence electrons. The number of esters is 1. The van der Waals surface area contributed by atoms with Gasteiger partial charge in [-0.05, 0) is 19.8 Å². The number of aliphatic hydroxyl groups excluding tert-OH is 2. The molecule has 8 nitrogen and oxygen atoms in total. The summed E-state index contributed by atoms with van der Waals surface area (Å²) >= 11 is 0. The Labute approximate surface area is 300 Å². The molecule has 1 fully saturated rings. The molecular weight excluding hydrogens is 618 g/mol. The molecule has 1 aliphatic heterocycles. The predicted octanol–water partition coefficient (Wildman–Crippen LogP) is 9.97. The maximum atomic E-state index is 13.0. The summed E-state index contributed by atoms with van der Waals surface area (Å²) in [6.45, 7) is 5.83. The highest BCUT2D eigenvalue weighted by molar-refractivity contribution is 5.76. The van der Waals surface area contributed by atoms with Crippen LogP contribution in [-0.4, -0.2) is 59.3 Å². The molecule has 0 radical (unpaired) electrons. The number of nitrogens with one attached hydrogen (secondary N) is 1. The fourth-order valence-corrected chi connectivity index (χ4v) is 6.69. The van der Waals surface area contributed by atoms with Crippen LogP contribution in [0.4, 0.5) is 0 Å². The van der Waals surface area contributed by atoms with Gasteiger partial charge in [-0.25, -0.2) is 0 Å². The Morgan fingerprint density at radius 2 is 1.06 bits per heavy atom. The van der Waals surface area contributed by atoms with Crippen LogP contribution in [0, 0.1) is 0 Å². The molecule has 8 heteroatoms. The first-order chi connectivity index (χ1) is 24.0. The average molecular weight is 696 g/mol. The summed E-state index contributed by atoms with van der Waals surface area (Å²) in [5, 5.41) is 23.8. The van der Waals surface area contributed by atoms with Gasteiger partial charge in [0.15, 0.2) is 6.10 Å². The number of amides is 1. The summed E-state index contributed by atoms with van der Waals surface area (Å²) in [6.07, 6.45) is 31.2. The topological polar surface area (TPSA) is 114 Å². The van der Waals surface area contributed by atoms with Crippen LogP contribution in [0.1, 0.15) is 201 Å².